The second-order valence-corrected chi connectivity index (χ2v) is 6.47. The van der Waals surface area contributed by atoms with Crippen LogP contribution < -0.4 is 0 Å². The van der Waals surface area contributed by atoms with Crippen LogP contribution in [0, 0.1) is 17.8 Å². The number of rotatable bonds is 5. The van der Waals surface area contributed by atoms with Gasteiger partial charge in [-0.15, -0.1) is 0 Å². The highest BCUT2D eigenvalue weighted by atomic mass is 16.7. The highest BCUT2D eigenvalue weighted by Gasteiger charge is 2.22. The molecule has 1 saturated heterocycles. The van der Waals surface area contributed by atoms with Crippen molar-refractivity contribution in [3.63, 3.8) is 0 Å². The summed E-state index contributed by atoms with van der Waals surface area (Å²) >= 11 is 0. The maximum Gasteiger partial charge on any atom is 0.158 e. The van der Waals surface area contributed by atoms with Gasteiger partial charge in [0, 0.05) is 6.42 Å². The third-order valence-corrected chi connectivity index (χ3v) is 3.95. The SMILES string of the molecule is CC(C)CC1C=C(CCC2OCCO2)CC(C)C1. The third kappa shape index (κ3) is 4.40. The molecule has 0 aromatic rings. The summed E-state index contributed by atoms with van der Waals surface area (Å²) in [6.07, 6.45) is 8.79. The Bertz CT molecular complexity index is 277. The molecule has 0 spiro atoms. The van der Waals surface area contributed by atoms with Gasteiger partial charge >= 0.3 is 0 Å². The minimum Gasteiger partial charge on any atom is -0.350 e. The van der Waals surface area contributed by atoms with Crippen LogP contribution >= 0.6 is 0 Å². The predicted molar refractivity (Wildman–Crippen MR) is 74.4 cm³/mol. The Morgan fingerprint density at radius 3 is 2.67 bits per heavy atom. The predicted octanol–water partition coefficient (Wildman–Crippen LogP) is 4.16. The quantitative estimate of drug-likeness (QED) is 0.684. The molecular formula is C16H28O2. The Kier molecular flexibility index (Phi) is 5.25. The third-order valence-electron chi connectivity index (χ3n) is 3.95. The Morgan fingerprint density at radius 2 is 2.00 bits per heavy atom. The number of allylic oxidation sites excluding steroid dienone is 2. The van der Waals surface area contributed by atoms with Crippen molar-refractivity contribution in [1.29, 1.82) is 0 Å². The summed E-state index contributed by atoms with van der Waals surface area (Å²) in [5, 5.41) is 0. The molecular weight excluding hydrogens is 224 g/mol. The molecule has 2 unspecified atom stereocenters. The maximum atomic E-state index is 5.51. The van der Waals surface area contributed by atoms with Crippen molar-refractivity contribution in [3.8, 4) is 0 Å². The normalized spacial score (nSPS) is 29.9. The molecule has 0 radical (unpaired) electrons. The van der Waals surface area contributed by atoms with E-state index in [4.69, 9.17) is 9.47 Å². The van der Waals surface area contributed by atoms with E-state index in [1.807, 2.05) is 0 Å². The van der Waals surface area contributed by atoms with Gasteiger partial charge < -0.3 is 9.47 Å². The van der Waals surface area contributed by atoms with Crippen molar-refractivity contribution in [2.75, 3.05) is 13.2 Å². The lowest BCUT2D eigenvalue weighted by atomic mass is 9.79. The molecule has 1 heterocycles. The molecule has 0 bridgehead atoms. The molecule has 0 saturated carbocycles. The van der Waals surface area contributed by atoms with Crippen LogP contribution in [-0.2, 0) is 9.47 Å². The molecule has 104 valence electrons. The van der Waals surface area contributed by atoms with E-state index in [0.717, 1.165) is 43.8 Å². The van der Waals surface area contributed by atoms with Gasteiger partial charge in [0.15, 0.2) is 6.29 Å². The summed E-state index contributed by atoms with van der Waals surface area (Å²) in [4.78, 5) is 0. The van der Waals surface area contributed by atoms with E-state index in [1.165, 1.54) is 19.3 Å². The largest absolute Gasteiger partial charge is 0.350 e. The fourth-order valence-corrected chi connectivity index (χ4v) is 3.35. The van der Waals surface area contributed by atoms with E-state index >= 15 is 0 Å². The number of hydrogen-bond donors (Lipinski definition) is 0. The zero-order chi connectivity index (χ0) is 13.0. The molecule has 0 aromatic heterocycles. The topological polar surface area (TPSA) is 18.5 Å². The van der Waals surface area contributed by atoms with E-state index in [1.54, 1.807) is 5.57 Å². The zero-order valence-corrected chi connectivity index (χ0v) is 12.2. The van der Waals surface area contributed by atoms with Crippen molar-refractivity contribution >= 4 is 0 Å². The van der Waals surface area contributed by atoms with E-state index in [0.29, 0.717) is 0 Å². The second-order valence-electron chi connectivity index (χ2n) is 6.47. The lowest BCUT2D eigenvalue weighted by molar-refractivity contribution is -0.0464. The van der Waals surface area contributed by atoms with Crippen LogP contribution in [-0.4, -0.2) is 19.5 Å². The Morgan fingerprint density at radius 1 is 1.28 bits per heavy atom. The van der Waals surface area contributed by atoms with E-state index < -0.39 is 0 Å². The monoisotopic (exact) mass is 252 g/mol. The van der Waals surface area contributed by atoms with Gasteiger partial charge in [0.05, 0.1) is 13.2 Å². The molecule has 2 rings (SSSR count). The van der Waals surface area contributed by atoms with E-state index in [-0.39, 0.29) is 6.29 Å². The van der Waals surface area contributed by atoms with Crippen LogP contribution in [0.5, 0.6) is 0 Å². The average molecular weight is 252 g/mol. The van der Waals surface area contributed by atoms with Crippen LogP contribution in [0.3, 0.4) is 0 Å². The number of hydrogen-bond acceptors (Lipinski definition) is 2. The molecule has 2 aliphatic rings. The van der Waals surface area contributed by atoms with Crippen molar-refractivity contribution in [2.45, 2.75) is 59.2 Å². The molecule has 0 amide bonds. The summed E-state index contributed by atoms with van der Waals surface area (Å²) in [5.74, 6) is 2.45. The van der Waals surface area contributed by atoms with E-state index in [9.17, 15) is 0 Å². The summed E-state index contributed by atoms with van der Waals surface area (Å²) in [7, 11) is 0. The lowest BCUT2D eigenvalue weighted by Gasteiger charge is -2.27. The molecule has 2 atom stereocenters. The van der Waals surface area contributed by atoms with Gasteiger partial charge in [-0.25, -0.2) is 0 Å². The highest BCUT2D eigenvalue weighted by molar-refractivity contribution is 5.09. The fourth-order valence-electron chi connectivity index (χ4n) is 3.35. The Labute approximate surface area is 112 Å². The van der Waals surface area contributed by atoms with Gasteiger partial charge in [0.1, 0.15) is 0 Å². The first-order chi connectivity index (χ1) is 8.63. The van der Waals surface area contributed by atoms with Crippen LogP contribution in [0.1, 0.15) is 52.9 Å². The Balaban J connectivity index is 1.82. The molecule has 1 aliphatic carbocycles. The summed E-state index contributed by atoms with van der Waals surface area (Å²) < 4.78 is 11.0. The highest BCUT2D eigenvalue weighted by Crippen LogP contribution is 2.34. The van der Waals surface area contributed by atoms with Crippen LogP contribution in [0.25, 0.3) is 0 Å². The van der Waals surface area contributed by atoms with Gasteiger partial charge in [-0.2, -0.15) is 0 Å². The van der Waals surface area contributed by atoms with Gasteiger partial charge in [-0.1, -0.05) is 32.4 Å². The minimum absolute atomic E-state index is 0.0617. The minimum atomic E-state index is 0.0617. The molecule has 1 aliphatic heterocycles. The molecule has 1 fully saturated rings. The van der Waals surface area contributed by atoms with Crippen LogP contribution in [0.4, 0.5) is 0 Å². The zero-order valence-electron chi connectivity index (χ0n) is 12.2. The first kappa shape index (κ1) is 14.1. The van der Waals surface area contributed by atoms with Crippen molar-refractivity contribution in [2.24, 2.45) is 17.8 Å². The molecule has 0 N–H and O–H groups in total. The first-order valence-electron chi connectivity index (χ1n) is 7.56. The fraction of sp³-hybridized carbons (Fsp3) is 0.875. The average Bonchev–Trinajstić information content (AvgIpc) is 2.77. The van der Waals surface area contributed by atoms with Gasteiger partial charge in [-0.3, -0.25) is 0 Å². The molecule has 2 nitrogen and oxygen atoms in total. The molecule has 0 aromatic carbocycles. The summed E-state index contributed by atoms with van der Waals surface area (Å²) in [5.41, 5.74) is 1.64. The van der Waals surface area contributed by atoms with Gasteiger partial charge in [-0.05, 0) is 43.4 Å². The summed E-state index contributed by atoms with van der Waals surface area (Å²) in [6, 6.07) is 0. The Hall–Kier alpha value is -0.340. The molecule has 2 heteroatoms. The smallest absolute Gasteiger partial charge is 0.158 e. The van der Waals surface area contributed by atoms with E-state index in [2.05, 4.69) is 26.8 Å². The van der Waals surface area contributed by atoms with Gasteiger partial charge in [0.2, 0.25) is 0 Å². The van der Waals surface area contributed by atoms with Crippen LogP contribution in [0.2, 0.25) is 0 Å². The van der Waals surface area contributed by atoms with Crippen molar-refractivity contribution in [3.05, 3.63) is 11.6 Å². The number of ether oxygens (including phenoxy) is 2. The summed E-state index contributed by atoms with van der Waals surface area (Å²) in [6.45, 7) is 8.59. The maximum absolute atomic E-state index is 5.51. The van der Waals surface area contributed by atoms with Crippen molar-refractivity contribution < 1.29 is 9.47 Å². The van der Waals surface area contributed by atoms with Crippen molar-refractivity contribution in [1.82, 2.24) is 0 Å². The second kappa shape index (κ2) is 6.72. The molecule has 18 heavy (non-hydrogen) atoms. The van der Waals surface area contributed by atoms with Gasteiger partial charge in [0.25, 0.3) is 0 Å². The standard InChI is InChI=1S/C16H28O2/c1-12(2)8-15-10-13(3)9-14(11-15)4-5-16-17-6-7-18-16/h11-13,15-16H,4-10H2,1-3H3. The van der Waals surface area contributed by atoms with Crippen LogP contribution in [0.15, 0.2) is 11.6 Å². The lowest BCUT2D eigenvalue weighted by Crippen LogP contribution is -2.15. The first-order valence-corrected chi connectivity index (χ1v) is 7.56.